The summed E-state index contributed by atoms with van der Waals surface area (Å²) >= 11 is 7.22. The van der Waals surface area contributed by atoms with Crippen LogP contribution >= 0.6 is 47.0 Å². The highest BCUT2D eigenvalue weighted by Crippen LogP contribution is 2.63. The largest absolute Gasteiger partial charge is 0.454 e. The van der Waals surface area contributed by atoms with Gasteiger partial charge in [0.15, 0.2) is 23.0 Å². The Morgan fingerprint density at radius 2 is 0.842 bits per heavy atom. The Morgan fingerprint density at radius 3 is 1.24 bits per heavy atom. The third-order valence-electron chi connectivity index (χ3n) is 6.50. The number of ether oxygens (including phenoxy) is 4. The van der Waals surface area contributed by atoms with Gasteiger partial charge in [0.2, 0.25) is 13.6 Å². The Labute approximate surface area is 236 Å². The van der Waals surface area contributed by atoms with Crippen LogP contribution in [-0.2, 0) is 0 Å². The second-order valence-corrected chi connectivity index (χ2v) is 13.4. The number of rotatable bonds is 3. The quantitative estimate of drug-likeness (QED) is 0.242. The lowest BCUT2D eigenvalue weighted by atomic mass is 9.93. The van der Waals surface area contributed by atoms with Crippen molar-refractivity contribution < 1.29 is 18.9 Å². The summed E-state index contributed by atoms with van der Waals surface area (Å²) in [7, 11) is 0. The first kappa shape index (κ1) is 22.9. The van der Waals surface area contributed by atoms with E-state index in [0.717, 1.165) is 45.3 Å². The maximum absolute atomic E-state index is 6.08. The van der Waals surface area contributed by atoms with E-state index in [4.69, 9.17) is 18.9 Å². The lowest BCUT2D eigenvalue weighted by molar-refractivity contribution is 0.173. The second kappa shape index (κ2) is 9.31. The van der Waals surface area contributed by atoms with Crippen LogP contribution in [0.5, 0.6) is 23.0 Å². The number of para-hydroxylation sites is 2. The van der Waals surface area contributed by atoms with E-state index in [0.29, 0.717) is 0 Å². The van der Waals surface area contributed by atoms with Gasteiger partial charge < -0.3 is 18.9 Å². The van der Waals surface area contributed by atoms with Gasteiger partial charge in [-0.15, -0.1) is 0 Å². The van der Waals surface area contributed by atoms with Crippen LogP contribution in [0.1, 0.15) is 11.1 Å². The minimum absolute atomic E-state index is 0.216. The summed E-state index contributed by atoms with van der Waals surface area (Å²) in [5.41, 5.74) is 4.26. The molecule has 0 N–H and O–H groups in total. The molecule has 0 fully saturated rings. The van der Waals surface area contributed by atoms with Gasteiger partial charge in [-0.25, -0.2) is 0 Å². The number of benzene rings is 4. The first-order chi connectivity index (χ1) is 18.8. The first-order valence-electron chi connectivity index (χ1n) is 12.0. The van der Waals surface area contributed by atoms with Crippen molar-refractivity contribution in [1.29, 1.82) is 0 Å². The van der Waals surface area contributed by atoms with E-state index in [2.05, 4.69) is 60.7 Å². The van der Waals surface area contributed by atoms with Crippen molar-refractivity contribution >= 4 is 58.2 Å². The summed E-state index contributed by atoms with van der Waals surface area (Å²) in [6.07, 6.45) is 0. The van der Waals surface area contributed by atoms with Gasteiger partial charge >= 0.3 is 0 Å². The van der Waals surface area contributed by atoms with Crippen molar-refractivity contribution in [2.24, 2.45) is 0 Å². The van der Waals surface area contributed by atoms with E-state index in [-0.39, 0.29) is 13.6 Å². The molecule has 0 saturated carbocycles. The maximum Gasteiger partial charge on any atom is 0.231 e. The number of thioether (sulfide) groups is 4. The average molecular weight is 571 g/mol. The van der Waals surface area contributed by atoms with Crippen LogP contribution in [0.3, 0.4) is 0 Å². The van der Waals surface area contributed by atoms with Crippen LogP contribution in [0.25, 0.3) is 11.1 Å². The molecule has 4 nitrogen and oxygen atoms in total. The van der Waals surface area contributed by atoms with Gasteiger partial charge in [0.25, 0.3) is 0 Å². The van der Waals surface area contributed by atoms with Gasteiger partial charge in [-0.05, 0) is 36.4 Å². The van der Waals surface area contributed by atoms with Crippen molar-refractivity contribution in [2.75, 3.05) is 13.6 Å². The van der Waals surface area contributed by atoms with Gasteiger partial charge in [-0.2, -0.15) is 0 Å². The molecule has 0 aromatic heterocycles. The van der Waals surface area contributed by atoms with Crippen LogP contribution in [0.2, 0.25) is 0 Å². The highest BCUT2D eigenvalue weighted by atomic mass is 32.2. The second-order valence-electron chi connectivity index (χ2n) is 8.71. The lowest BCUT2D eigenvalue weighted by Crippen LogP contribution is -1.99. The van der Waals surface area contributed by atoms with E-state index in [9.17, 15) is 0 Å². The molecule has 8 heteroatoms. The third-order valence-corrected chi connectivity index (χ3v) is 11.6. The molecule has 4 aliphatic rings. The Hall–Kier alpha value is -3.04. The number of fused-ring (bicyclic) bond motifs is 4. The molecular formula is C30H18O4S4. The highest BCUT2D eigenvalue weighted by Gasteiger charge is 2.34. The Balaban J connectivity index is 1.43. The summed E-state index contributed by atoms with van der Waals surface area (Å²) in [6, 6.07) is 29.4. The molecular weight excluding hydrogens is 553 g/mol. The maximum atomic E-state index is 6.08. The highest BCUT2D eigenvalue weighted by molar-refractivity contribution is 8.25. The summed E-state index contributed by atoms with van der Waals surface area (Å²) in [5, 5.41) is 0. The van der Waals surface area contributed by atoms with Gasteiger partial charge in [-0.3, -0.25) is 0 Å². The fourth-order valence-corrected chi connectivity index (χ4v) is 10.1. The third kappa shape index (κ3) is 3.73. The predicted octanol–water partition coefficient (Wildman–Crippen LogP) is 8.98. The Bertz CT molecular complexity index is 1510. The topological polar surface area (TPSA) is 36.9 Å². The summed E-state index contributed by atoms with van der Waals surface area (Å²) in [6.45, 7) is 0.433. The van der Waals surface area contributed by atoms with Crippen molar-refractivity contribution in [2.45, 2.75) is 19.6 Å². The molecule has 4 aromatic carbocycles. The predicted molar refractivity (Wildman–Crippen MR) is 155 cm³/mol. The van der Waals surface area contributed by atoms with Gasteiger partial charge in [-0.1, -0.05) is 95.6 Å². The molecule has 0 atom stereocenters. The smallest absolute Gasteiger partial charge is 0.231 e. The standard InChI is InChI=1S/C30H18O4S4/c1-2-12-22-21(11-1)35-29(36-22)25(17-7-5-9-19-27(17)33-15-31-19)26(18-8-6-10-20-28(18)34-16-32-20)30-37-23-13-3-4-14-24(23)38-30/h1-14H,15-16H2. The van der Waals surface area contributed by atoms with Crippen LogP contribution in [0, 0.1) is 0 Å². The monoisotopic (exact) mass is 570 g/mol. The fourth-order valence-electron chi connectivity index (χ4n) is 4.83. The van der Waals surface area contributed by atoms with E-state index < -0.39 is 0 Å². The minimum Gasteiger partial charge on any atom is -0.454 e. The zero-order valence-corrected chi connectivity index (χ0v) is 23.0. The molecule has 4 aromatic rings. The first-order valence-corrected chi connectivity index (χ1v) is 15.3. The van der Waals surface area contributed by atoms with E-state index in [1.807, 2.05) is 24.3 Å². The van der Waals surface area contributed by atoms with Crippen molar-refractivity contribution in [3.05, 3.63) is 105 Å². The zero-order valence-electron chi connectivity index (χ0n) is 19.8. The SMILES string of the molecule is c1ccc2c(c1)SC(=C(C(=C1Sc3ccccc3S1)c1cccc3c1OCO3)c1cccc3c1OCO3)S2. The molecule has 0 radical (unpaired) electrons. The summed E-state index contributed by atoms with van der Waals surface area (Å²) < 4.78 is 26.2. The van der Waals surface area contributed by atoms with Crippen LogP contribution < -0.4 is 18.9 Å². The molecule has 0 saturated heterocycles. The molecule has 8 rings (SSSR count). The number of allylic oxidation sites excluding steroid dienone is 2. The van der Waals surface area contributed by atoms with Gasteiger partial charge in [0, 0.05) is 41.9 Å². The minimum atomic E-state index is 0.216. The summed E-state index contributed by atoms with van der Waals surface area (Å²) in [5.74, 6) is 3.09. The van der Waals surface area contributed by atoms with E-state index >= 15 is 0 Å². The van der Waals surface area contributed by atoms with Gasteiger partial charge in [0.05, 0.1) is 8.47 Å². The van der Waals surface area contributed by atoms with Crippen LogP contribution in [-0.4, -0.2) is 13.6 Å². The Morgan fingerprint density at radius 1 is 0.447 bits per heavy atom. The van der Waals surface area contributed by atoms with Crippen LogP contribution in [0.4, 0.5) is 0 Å². The van der Waals surface area contributed by atoms with Crippen molar-refractivity contribution in [1.82, 2.24) is 0 Å². The summed E-state index contributed by atoms with van der Waals surface area (Å²) in [4.78, 5) is 5.03. The van der Waals surface area contributed by atoms with E-state index in [1.165, 1.54) is 28.1 Å². The number of hydrogen-bond acceptors (Lipinski definition) is 8. The Kier molecular flexibility index (Phi) is 5.61. The molecule has 0 unspecified atom stereocenters. The van der Waals surface area contributed by atoms with Gasteiger partial charge in [0.1, 0.15) is 0 Å². The average Bonchev–Trinajstić information content (AvgIpc) is 3.76. The van der Waals surface area contributed by atoms with Crippen LogP contribution in [0.15, 0.2) is 113 Å². The molecule has 0 spiro atoms. The molecule has 0 aliphatic carbocycles. The molecule has 4 aliphatic heterocycles. The number of hydrogen-bond donors (Lipinski definition) is 0. The normalized spacial score (nSPS) is 16.0. The molecule has 38 heavy (non-hydrogen) atoms. The molecule has 186 valence electrons. The molecule has 0 amide bonds. The van der Waals surface area contributed by atoms with Crippen molar-refractivity contribution in [3.63, 3.8) is 0 Å². The molecule has 4 heterocycles. The van der Waals surface area contributed by atoms with E-state index in [1.54, 1.807) is 47.0 Å². The van der Waals surface area contributed by atoms with Crippen molar-refractivity contribution in [3.8, 4) is 23.0 Å². The fraction of sp³-hybridized carbons (Fsp3) is 0.0667. The lowest BCUT2D eigenvalue weighted by Gasteiger charge is -2.20. The zero-order chi connectivity index (χ0) is 25.1. The molecule has 0 bridgehead atoms.